The van der Waals surface area contributed by atoms with E-state index in [9.17, 15) is 12.8 Å². The fourth-order valence-electron chi connectivity index (χ4n) is 5.18. The Morgan fingerprint density at radius 3 is 2.49 bits per heavy atom. The third kappa shape index (κ3) is 4.93. The number of nitrogens with zero attached hydrogens (tertiary/aromatic N) is 6. The maximum absolute atomic E-state index is 13.5. The number of halogens is 1. The first-order chi connectivity index (χ1) is 17.8. The third-order valence-corrected chi connectivity index (χ3v) is 8.87. The molecule has 0 unspecified atom stereocenters. The smallest absolute Gasteiger partial charge is 0.246 e. The molecule has 196 valence electrons. The number of fused-ring (bicyclic) bond motifs is 1. The highest BCUT2D eigenvalue weighted by atomic mass is 32.2. The van der Waals surface area contributed by atoms with Gasteiger partial charge in [-0.1, -0.05) is 13.8 Å². The Bertz CT molecular complexity index is 1500. The van der Waals surface area contributed by atoms with Gasteiger partial charge < -0.3 is 0 Å². The van der Waals surface area contributed by atoms with Crippen molar-refractivity contribution in [1.29, 1.82) is 0 Å². The lowest BCUT2D eigenvalue weighted by Gasteiger charge is -2.41. The van der Waals surface area contributed by atoms with E-state index in [4.69, 9.17) is 0 Å². The molecule has 0 bridgehead atoms. The number of benzene rings is 2. The van der Waals surface area contributed by atoms with Crippen LogP contribution in [-0.2, 0) is 16.6 Å². The van der Waals surface area contributed by atoms with Crippen LogP contribution in [0.3, 0.4) is 0 Å². The van der Waals surface area contributed by atoms with E-state index in [0.717, 1.165) is 47.1 Å². The van der Waals surface area contributed by atoms with Crippen molar-refractivity contribution in [3.8, 4) is 5.69 Å². The molecule has 37 heavy (non-hydrogen) atoms. The van der Waals surface area contributed by atoms with Crippen molar-refractivity contribution in [2.24, 2.45) is 0 Å². The van der Waals surface area contributed by atoms with Crippen molar-refractivity contribution < 1.29 is 12.8 Å². The highest BCUT2D eigenvalue weighted by Gasteiger charge is 2.36. The Balaban J connectivity index is 1.49. The zero-order chi connectivity index (χ0) is 26.2. The molecule has 8 nitrogen and oxygen atoms in total. The zero-order valence-electron chi connectivity index (χ0n) is 21.5. The Morgan fingerprint density at radius 2 is 1.76 bits per heavy atom. The van der Waals surface area contributed by atoms with Crippen molar-refractivity contribution in [1.82, 2.24) is 28.8 Å². The van der Waals surface area contributed by atoms with Gasteiger partial charge in [-0.2, -0.15) is 14.5 Å². The highest BCUT2D eigenvalue weighted by molar-refractivity contribution is 7.89. The van der Waals surface area contributed by atoms with Crippen molar-refractivity contribution in [3.05, 3.63) is 71.9 Å². The predicted molar refractivity (Wildman–Crippen MR) is 142 cm³/mol. The van der Waals surface area contributed by atoms with E-state index in [2.05, 4.69) is 41.1 Å². The second-order valence-corrected chi connectivity index (χ2v) is 11.6. The lowest BCUT2D eigenvalue weighted by molar-refractivity contribution is 0.118. The fraction of sp³-hybridized carbons (Fsp3) is 0.407. The molecule has 0 radical (unpaired) electrons. The van der Waals surface area contributed by atoms with Crippen LogP contribution >= 0.6 is 0 Å². The van der Waals surface area contributed by atoms with E-state index in [1.807, 2.05) is 13.1 Å². The van der Waals surface area contributed by atoms with Gasteiger partial charge in [-0.3, -0.25) is 9.58 Å². The molecule has 0 amide bonds. The van der Waals surface area contributed by atoms with E-state index in [-0.39, 0.29) is 16.8 Å². The van der Waals surface area contributed by atoms with Crippen LogP contribution in [-0.4, -0.2) is 63.4 Å². The number of sulfonamides is 1. The van der Waals surface area contributed by atoms with Gasteiger partial charge in [0, 0.05) is 43.8 Å². The predicted octanol–water partition coefficient (Wildman–Crippen LogP) is 4.54. The molecule has 1 aliphatic rings. The van der Waals surface area contributed by atoms with E-state index >= 15 is 0 Å². The van der Waals surface area contributed by atoms with Gasteiger partial charge in [0.15, 0.2) is 0 Å². The fourth-order valence-corrected chi connectivity index (χ4v) is 6.58. The normalized spacial score (nSPS) is 17.6. The van der Waals surface area contributed by atoms with Crippen LogP contribution in [0.1, 0.15) is 43.9 Å². The van der Waals surface area contributed by atoms with Crippen LogP contribution in [0.2, 0.25) is 0 Å². The summed E-state index contributed by atoms with van der Waals surface area (Å²) >= 11 is 0. The topological polar surface area (TPSA) is 76.3 Å². The van der Waals surface area contributed by atoms with Crippen LogP contribution in [0.5, 0.6) is 0 Å². The number of piperazine rings is 1. The summed E-state index contributed by atoms with van der Waals surface area (Å²) in [6.45, 7) is 9.30. The third-order valence-electron chi connectivity index (χ3n) is 7.05. The molecular formula is C27H33FN6O2S. The number of aryl methyl sites for hydroxylation is 2. The Labute approximate surface area is 217 Å². The first-order valence-corrected chi connectivity index (χ1v) is 14.3. The van der Waals surface area contributed by atoms with Gasteiger partial charge in [-0.15, -0.1) is 0 Å². The van der Waals surface area contributed by atoms with Gasteiger partial charge in [-0.05, 0) is 73.8 Å². The summed E-state index contributed by atoms with van der Waals surface area (Å²) < 4.78 is 45.6. The number of aromatic nitrogens is 4. The maximum Gasteiger partial charge on any atom is 0.246 e. The van der Waals surface area contributed by atoms with Gasteiger partial charge in [0.25, 0.3) is 0 Å². The van der Waals surface area contributed by atoms with E-state index < -0.39 is 10.0 Å². The molecule has 5 rings (SSSR count). The zero-order valence-corrected chi connectivity index (χ0v) is 22.3. The van der Waals surface area contributed by atoms with Gasteiger partial charge in [-0.25, -0.2) is 17.5 Å². The summed E-state index contributed by atoms with van der Waals surface area (Å²) in [6, 6.07) is 10.4. The highest BCUT2D eigenvalue weighted by Crippen LogP contribution is 2.33. The lowest BCUT2D eigenvalue weighted by atomic mass is 9.96. The van der Waals surface area contributed by atoms with Gasteiger partial charge in [0.05, 0.1) is 23.6 Å². The van der Waals surface area contributed by atoms with Crippen LogP contribution in [0.25, 0.3) is 16.6 Å². The molecule has 0 aliphatic carbocycles. The summed E-state index contributed by atoms with van der Waals surface area (Å²) in [7, 11) is -3.65. The number of hydrogen-bond donors (Lipinski definition) is 0. The molecule has 2 aromatic heterocycles. The number of rotatable bonds is 8. The summed E-state index contributed by atoms with van der Waals surface area (Å²) in [4.78, 5) is 2.63. The lowest BCUT2D eigenvalue weighted by Crippen LogP contribution is -2.50. The molecular weight excluding hydrogens is 491 g/mol. The van der Waals surface area contributed by atoms with Crippen molar-refractivity contribution >= 4 is 20.9 Å². The average Bonchev–Trinajstić information content (AvgIpc) is 3.52. The van der Waals surface area contributed by atoms with Crippen LogP contribution in [0.15, 0.2) is 59.9 Å². The van der Waals surface area contributed by atoms with E-state index in [0.29, 0.717) is 26.2 Å². The van der Waals surface area contributed by atoms with Crippen LogP contribution < -0.4 is 0 Å². The minimum atomic E-state index is -3.65. The Kier molecular flexibility index (Phi) is 7.15. The summed E-state index contributed by atoms with van der Waals surface area (Å²) in [5, 5.41) is 9.75. The maximum atomic E-state index is 13.5. The number of hydrogen-bond acceptors (Lipinski definition) is 5. The average molecular weight is 525 g/mol. The Hall–Kier alpha value is -3.08. The Morgan fingerprint density at radius 1 is 1.00 bits per heavy atom. The van der Waals surface area contributed by atoms with Gasteiger partial charge in [0.2, 0.25) is 10.0 Å². The first-order valence-electron chi connectivity index (χ1n) is 12.8. The van der Waals surface area contributed by atoms with E-state index in [1.165, 1.54) is 18.3 Å². The van der Waals surface area contributed by atoms with Crippen molar-refractivity contribution in [3.63, 3.8) is 0 Å². The quantitative estimate of drug-likeness (QED) is 0.338. The molecule has 0 saturated carbocycles. The largest absolute Gasteiger partial charge is 0.294 e. The van der Waals surface area contributed by atoms with Crippen LogP contribution in [0.4, 0.5) is 4.39 Å². The first kappa shape index (κ1) is 25.6. The summed E-state index contributed by atoms with van der Waals surface area (Å²) in [6.07, 6.45) is 6.77. The summed E-state index contributed by atoms with van der Waals surface area (Å²) in [5.74, 6) is -0.288. The molecule has 2 aromatic carbocycles. The van der Waals surface area contributed by atoms with E-state index in [1.54, 1.807) is 32.0 Å². The minimum Gasteiger partial charge on any atom is -0.294 e. The van der Waals surface area contributed by atoms with Crippen molar-refractivity contribution in [2.45, 2.75) is 51.1 Å². The molecule has 0 spiro atoms. The molecule has 1 aliphatic heterocycles. The molecule has 0 N–H and O–H groups in total. The standard InChI is InChI=1S/C27H33FN6O2S/c1-4-10-31-12-13-33(37(35,36)24-17-29-32(18-24)11-5-2)19-27(31)25-15-21-16-30-34(26(21)14-20(25)3)23-8-6-22(28)7-9-23/h6-9,14-18,27H,4-5,10-13,19H2,1-3H3/t27-/m0/s1. The van der Waals surface area contributed by atoms with Crippen molar-refractivity contribution in [2.75, 3.05) is 26.2 Å². The monoisotopic (exact) mass is 524 g/mol. The van der Waals surface area contributed by atoms with Gasteiger partial charge >= 0.3 is 0 Å². The molecule has 4 aromatic rings. The summed E-state index contributed by atoms with van der Waals surface area (Å²) in [5.41, 5.74) is 3.88. The molecule has 1 fully saturated rings. The van der Waals surface area contributed by atoms with Gasteiger partial charge in [0.1, 0.15) is 10.7 Å². The minimum absolute atomic E-state index is 0.0762. The molecule has 1 atom stereocenters. The SMILES string of the molecule is CCCN1CCN(S(=O)(=O)c2cnn(CCC)c2)C[C@H]1c1cc2cnn(-c3ccc(F)cc3)c2cc1C. The molecule has 1 saturated heterocycles. The molecule has 3 heterocycles. The van der Waals surface area contributed by atoms with Crippen LogP contribution in [0, 0.1) is 12.7 Å². The second kappa shape index (κ2) is 10.4. The second-order valence-electron chi connectivity index (χ2n) is 9.65. The molecule has 10 heteroatoms.